The van der Waals surface area contributed by atoms with Gasteiger partial charge in [0.05, 0.1) is 18.1 Å². The number of benzene rings is 1. The molecule has 0 heterocycles. The van der Waals surface area contributed by atoms with E-state index in [1.165, 1.54) is 0 Å². The highest BCUT2D eigenvalue weighted by molar-refractivity contribution is 7.89. The molecule has 0 radical (unpaired) electrons. The first-order chi connectivity index (χ1) is 9.60. The summed E-state index contributed by atoms with van der Waals surface area (Å²) in [7, 11) is -3.37. The average molecular weight is 298 g/mol. The van der Waals surface area contributed by atoms with E-state index in [0.717, 1.165) is 12.1 Å². The fourth-order valence-corrected chi connectivity index (χ4v) is 2.60. The summed E-state index contributed by atoms with van der Waals surface area (Å²) in [6.07, 6.45) is 2.66. The van der Waals surface area contributed by atoms with Gasteiger partial charge in [-0.3, -0.25) is 0 Å². The zero-order chi connectivity index (χ0) is 14.8. The molecule has 0 aliphatic carbocycles. The van der Waals surface area contributed by atoms with Crippen LogP contribution in [-0.2, 0) is 14.8 Å². The molecule has 0 aliphatic heterocycles. The van der Waals surface area contributed by atoms with Crippen LogP contribution in [0.4, 0.5) is 5.69 Å². The fraction of sp³-hybridized carbons (Fsp3) is 0.429. The molecule has 5 nitrogen and oxygen atoms in total. The smallest absolute Gasteiger partial charge is 0.240 e. The predicted octanol–water partition coefficient (Wildman–Crippen LogP) is 1.99. The van der Waals surface area contributed by atoms with Crippen LogP contribution < -0.4 is 10.0 Å². The monoisotopic (exact) mass is 298 g/mol. The van der Waals surface area contributed by atoms with Crippen molar-refractivity contribution in [2.75, 3.05) is 31.6 Å². The van der Waals surface area contributed by atoms with E-state index < -0.39 is 10.0 Å². The number of rotatable bonds is 10. The second kappa shape index (κ2) is 8.73. The Morgan fingerprint density at radius 2 is 1.95 bits per heavy atom. The zero-order valence-corrected chi connectivity index (χ0v) is 12.6. The van der Waals surface area contributed by atoms with Gasteiger partial charge in [0.2, 0.25) is 10.0 Å². The molecule has 20 heavy (non-hydrogen) atoms. The number of hydrogen-bond acceptors (Lipinski definition) is 4. The molecule has 1 aromatic rings. The van der Waals surface area contributed by atoms with E-state index in [-0.39, 0.29) is 4.90 Å². The molecule has 0 fully saturated rings. The standard InChI is InChI=1S/C14H22N2O3S/c1-3-5-11-19-12-10-15-13-6-8-14(9-7-13)20(17,18)16-4-2/h3,6-9,15-16H,1,4-5,10-12H2,2H3. The third kappa shape index (κ3) is 5.73. The van der Waals surface area contributed by atoms with Crippen LogP contribution >= 0.6 is 0 Å². The van der Waals surface area contributed by atoms with Crippen LogP contribution in [-0.4, -0.2) is 34.7 Å². The van der Waals surface area contributed by atoms with Crippen molar-refractivity contribution in [2.45, 2.75) is 18.2 Å². The molecule has 112 valence electrons. The van der Waals surface area contributed by atoms with Crippen LogP contribution in [0.3, 0.4) is 0 Å². The Kier molecular flexibility index (Phi) is 7.28. The predicted molar refractivity (Wildman–Crippen MR) is 81.4 cm³/mol. The highest BCUT2D eigenvalue weighted by atomic mass is 32.2. The van der Waals surface area contributed by atoms with Gasteiger partial charge in [-0.2, -0.15) is 0 Å². The van der Waals surface area contributed by atoms with Crippen molar-refractivity contribution in [3.05, 3.63) is 36.9 Å². The first-order valence-electron chi connectivity index (χ1n) is 6.62. The Bertz CT molecular complexity index is 498. The third-order valence-corrected chi connectivity index (χ3v) is 4.10. The second-order valence-electron chi connectivity index (χ2n) is 4.14. The van der Waals surface area contributed by atoms with Crippen molar-refractivity contribution >= 4 is 15.7 Å². The Morgan fingerprint density at radius 1 is 1.25 bits per heavy atom. The normalized spacial score (nSPS) is 11.2. The van der Waals surface area contributed by atoms with E-state index in [0.29, 0.717) is 26.3 Å². The van der Waals surface area contributed by atoms with Crippen LogP contribution in [0.2, 0.25) is 0 Å². The summed E-state index contributed by atoms with van der Waals surface area (Å²) in [5.74, 6) is 0. The number of anilines is 1. The highest BCUT2D eigenvalue weighted by Crippen LogP contribution is 2.13. The summed E-state index contributed by atoms with van der Waals surface area (Å²) < 4.78 is 31.3. The van der Waals surface area contributed by atoms with E-state index >= 15 is 0 Å². The summed E-state index contributed by atoms with van der Waals surface area (Å²) in [6.45, 7) is 7.70. The van der Waals surface area contributed by atoms with E-state index in [2.05, 4.69) is 16.6 Å². The maximum absolute atomic E-state index is 11.7. The molecule has 0 saturated carbocycles. The lowest BCUT2D eigenvalue weighted by atomic mass is 10.3. The first-order valence-corrected chi connectivity index (χ1v) is 8.10. The lowest BCUT2D eigenvalue weighted by Gasteiger charge is -2.08. The maximum atomic E-state index is 11.7. The van der Waals surface area contributed by atoms with Gasteiger partial charge in [-0.25, -0.2) is 13.1 Å². The molecule has 0 saturated heterocycles. The van der Waals surface area contributed by atoms with Crippen LogP contribution in [0.25, 0.3) is 0 Å². The van der Waals surface area contributed by atoms with Gasteiger partial charge in [-0.1, -0.05) is 13.0 Å². The Balaban J connectivity index is 2.41. The highest BCUT2D eigenvalue weighted by Gasteiger charge is 2.11. The molecule has 0 amide bonds. The number of nitrogens with one attached hydrogen (secondary N) is 2. The number of hydrogen-bond donors (Lipinski definition) is 2. The van der Waals surface area contributed by atoms with Gasteiger partial charge in [0.15, 0.2) is 0 Å². The van der Waals surface area contributed by atoms with Crippen molar-refractivity contribution in [3.63, 3.8) is 0 Å². The van der Waals surface area contributed by atoms with Gasteiger partial charge in [0, 0.05) is 18.8 Å². The fourth-order valence-electron chi connectivity index (χ4n) is 1.56. The minimum atomic E-state index is -3.37. The molecule has 1 rings (SSSR count). The molecular weight excluding hydrogens is 276 g/mol. The molecule has 0 atom stereocenters. The van der Waals surface area contributed by atoms with E-state index in [1.807, 2.05) is 6.08 Å². The van der Waals surface area contributed by atoms with Gasteiger partial charge >= 0.3 is 0 Å². The quantitative estimate of drug-likeness (QED) is 0.512. The summed E-state index contributed by atoms with van der Waals surface area (Å²) >= 11 is 0. The number of ether oxygens (including phenoxy) is 1. The molecule has 6 heteroatoms. The molecule has 0 bridgehead atoms. The molecular formula is C14H22N2O3S. The largest absolute Gasteiger partial charge is 0.383 e. The van der Waals surface area contributed by atoms with E-state index in [9.17, 15) is 8.42 Å². The Labute approximate surface area is 121 Å². The van der Waals surface area contributed by atoms with Gasteiger partial charge in [0.1, 0.15) is 0 Å². The minimum absolute atomic E-state index is 0.270. The SMILES string of the molecule is C=CCCOCCNc1ccc(S(=O)(=O)NCC)cc1. The minimum Gasteiger partial charge on any atom is -0.383 e. The van der Waals surface area contributed by atoms with Crippen molar-refractivity contribution in [2.24, 2.45) is 0 Å². The molecule has 0 unspecified atom stereocenters. The zero-order valence-electron chi connectivity index (χ0n) is 11.8. The van der Waals surface area contributed by atoms with Gasteiger partial charge < -0.3 is 10.1 Å². The van der Waals surface area contributed by atoms with Gasteiger partial charge in [0.25, 0.3) is 0 Å². The van der Waals surface area contributed by atoms with Crippen molar-refractivity contribution in [1.82, 2.24) is 4.72 Å². The van der Waals surface area contributed by atoms with Crippen LogP contribution in [0.5, 0.6) is 0 Å². The molecule has 1 aromatic carbocycles. The van der Waals surface area contributed by atoms with Crippen molar-refractivity contribution in [1.29, 1.82) is 0 Å². The summed E-state index contributed by atoms with van der Waals surface area (Å²) in [6, 6.07) is 6.65. The maximum Gasteiger partial charge on any atom is 0.240 e. The van der Waals surface area contributed by atoms with Crippen LogP contribution in [0.15, 0.2) is 41.8 Å². The second-order valence-corrected chi connectivity index (χ2v) is 5.91. The Hall–Kier alpha value is -1.37. The first kappa shape index (κ1) is 16.7. The lowest BCUT2D eigenvalue weighted by Crippen LogP contribution is -2.23. The summed E-state index contributed by atoms with van der Waals surface area (Å²) in [5, 5.41) is 3.17. The molecule has 2 N–H and O–H groups in total. The molecule has 0 aliphatic rings. The van der Waals surface area contributed by atoms with Crippen molar-refractivity contribution < 1.29 is 13.2 Å². The van der Waals surface area contributed by atoms with E-state index in [1.54, 1.807) is 31.2 Å². The summed E-state index contributed by atoms with van der Waals surface area (Å²) in [5.41, 5.74) is 0.868. The number of sulfonamides is 1. The molecule has 0 spiro atoms. The lowest BCUT2D eigenvalue weighted by molar-refractivity contribution is 0.149. The molecule has 0 aromatic heterocycles. The van der Waals surface area contributed by atoms with Crippen LogP contribution in [0.1, 0.15) is 13.3 Å². The average Bonchev–Trinajstić information content (AvgIpc) is 2.43. The van der Waals surface area contributed by atoms with Crippen LogP contribution in [0, 0.1) is 0 Å². The van der Waals surface area contributed by atoms with E-state index in [4.69, 9.17) is 4.74 Å². The topological polar surface area (TPSA) is 67.4 Å². The van der Waals surface area contributed by atoms with Crippen molar-refractivity contribution in [3.8, 4) is 0 Å². The Morgan fingerprint density at radius 3 is 2.55 bits per heavy atom. The summed E-state index contributed by atoms with van der Waals surface area (Å²) in [4.78, 5) is 0.270. The van der Waals surface area contributed by atoms with Gasteiger partial charge in [-0.05, 0) is 30.7 Å². The van der Waals surface area contributed by atoms with Gasteiger partial charge in [-0.15, -0.1) is 6.58 Å². The third-order valence-electron chi connectivity index (χ3n) is 2.54.